The van der Waals surface area contributed by atoms with Crippen LogP contribution in [-0.4, -0.2) is 36.8 Å². The molecule has 1 N–H and O–H groups in total. The van der Waals surface area contributed by atoms with Gasteiger partial charge in [0.05, 0.1) is 32.0 Å². The summed E-state index contributed by atoms with van der Waals surface area (Å²) >= 11 is 0. The van der Waals surface area contributed by atoms with Crippen molar-refractivity contribution in [1.82, 2.24) is 0 Å². The van der Waals surface area contributed by atoms with Crippen LogP contribution in [-0.2, 0) is 20.8 Å². The molecule has 4 nitrogen and oxygen atoms in total. The first-order valence-electron chi connectivity index (χ1n) is 7.32. The van der Waals surface area contributed by atoms with Gasteiger partial charge >= 0.3 is 0 Å². The lowest BCUT2D eigenvalue weighted by atomic mass is 10.1. The van der Waals surface area contributed by atoms with Crippen LogP contribution in [0.1, 0.15) is 31.7 Å². The summed E-state index contributed by atoms with van der Waals surface area (Å²) in [5.41, 5.74) is 1.12. The second-order valence-corrected chi connectivity index (χ2v) is 5.17. The lowest BCUT2D eigenvalue weighted by molar-refractivity contribution is -0.185. The molecule has 1 fully saturated rings. The molecule has 1 saturated heterocycles. The summed E-state index contributed by atoms with van der Waals surface area (Å²) in [6.45, 7) is 3.92. The standard InChI is InChI=1S/C16H24O4/c1-13(20-12-14-6-3-2-4-7-14)15(17)8-9-16-18-10-5-11-19-16/h2-4,6-7,13,15-17H,5,8-12H2,1H3/t13-,15-/m0/s1. The molecule has 20 heavy (non-hydrogen) atoms. The Morgan fingerprint density at radius 2 is 1.95 bits per heavy atom. The summed E-state index contributed by atoms with van der Waals surface area (Å²) < 4.78 is 16.6. The average molecular weight is 280 g/mol. The first-order chi connectivity index (χ1) is 9.75. The van der Waals surface area contributed by atoms with Crippen LogP contribution in [0.3, 0.4) is 0 Å². The lowest BCUT2D eigenvalue weighted by Crippen LogP contribution is -2.30. The number of benzene rings is 1. The zero-order valence-electron chi connectivity index (χ0n) is 12.0. The van der Waals surface area contributed by atoms with E-state index in [1.54, 1.807) is 0 Å². The molecule has 1 heterocycles. The van der Waals surface area contributed by atoms with E-state index in [-0.39, 0.29) is 12.4 Å². The lowest BCUT2D eigenvalue weighted by Gasteiger charge is -2.25. The Labute approximate surface area is 120 Å². The van der Waals surface area contributed by atoms with Crippen molar-refractivity contribution in [1.29, 1.82) is 0 Å². The van der Waals surface area contributed by atoms with E-state index < -0.39 is 6.10 Å². The van der Waals surface area contributed by atoms with Crippen LogP contribution >= 0.6 is 0 Å². The second kappa shape index (κ2) is 8.37. The van der Waals surface area contributed by atoms with Crippen molar-refractivity contribution >= 4 is 0 Å². The van der Waals surface area contributed by atoms with Gasteiger partial charge in [-0.25, -0.2) is 0 Å². The van der Waals surface area contributed by atoms with Crippen molar-refractivity contribution in [2.24, 2.45) is 0 Å². The Morgan fingerprint density at radius 3 is 2.65 bits per heavy atom. The van der Waals surface area contributed by atoms with Crippen molar-refractivity contribution in [2.45, 2.75) is 51.3 Å². The summed E-state index contributed by atoms with van der Waals surface area (Å²) in [4.78, 5) is 0. The highest BCUT2D eigenvalue weighted by molar-refractivity contribution is 5.13. The van der Waals surface area contributed by atoms with Crippen LogP contribution in [0.15, 0.2) is 30.3 Å². The molecule has 112 valence electrons. The predicted molar refractivity (Wildman–Crippen MR) is 76.2 cm³/mol. The molecule has 0 radical (unpaired) electrons. The molecular weight excluding hydrogens is 256 g/mol. The van der Waals surface area contributed by atoms with E-state index in [9.17, 15) is 5.11 Å². The maximum Gasteiger partial charge on any atom is 0.157 e. The third kappa shape index (κ3) is 5.21. The molecule has 2 rings (SSSR count). The molecule has 0 aliphatic carbocycles. The number of hydrogen-bond donors (Lipinski definition) is 1. The van der Waals surface area contributed by atoms with Gasteiger partial charge in [-0.2, -0.15) is 0 Å². The molecule has 0 aromatic heterocycles. The summed E-state index contributed by atoms with van der Waals surface area (Å²) in [6, 6.07) is 9.98. The van der Waals surface area contributed by atoms with E-state index in [1.165, 1.54) is 0 Å². The van der Waals surface area contributed by atoms with Gasteiger partial charge < -0.3 is 19.3 Å². The molecular formula is C16H24O4. The Kier molecular flexibility index (Phi) is 6.47. The average Bonchev–Trinajstić information content (AvgIpc) is 2.52. The van der Waals surface area contributed by atoms with Crippen LogP contribution in [0, 0.1) is 0 Å². The van der Waals surface area contributed by atoms with Crippen molar-refractivity contribution < 1.29 is 19.3 Å². The van der Waals surface area contributed by atoms with Crippen LogP contribution in [0.25, 0.3) is 0 Å². The minimum Gasteiger partial charge on any atom is -0.390 e. The molecule has 2 atom stereocenters. The van der Waals surface area contributed by atoms with Crippen molar-refractivity contribution in [3.05, 3.63) is 35.9 Å². The fourth-order valence-electron chi connectivity index (χ4n) is 2.16. The molecule has 0 unspecified atom stereocenters. The minimum absolute atomic E-state index is 0.167. The van der Waals surface area contributed by atoms with Crippen molar-refractivity contribution in [3.63, 3.8) is 0 Å². The van der Waals surface area contributed by atoms with Gasteiger partial charge in [-0.3, -0.25) is 0 Å². The van der Waals surface area contributed by atoms with Gasteiger partial charge in [0, 0.05) is 6.42 Å². The largest absolute Gasteiger partial charge is 0.390 e. The second-order valence-electron chi connectivity index (χ2n) is 5.17. The van der Waals surface area contributed by atoms with Gasteiger partial charge in [0.1, 0.15) is 0 Å². The topological polar surface area (TPSA) is 47.9 Å². The number of aliphatic hydroxyl groups is 1. The van der Waals surface area contributed by atoms with Crippen LogP contribution < -0.4 is 0 Å². The van der Waals surface area contributed by atoms with Gasteiger partial charge in [0.15, 0.2) is 6.29 Å². The zero-order chi connectivity index (χ0) is 14.2. The molecule has 4 heteroatoms. The molecule has 1 aromatic rings. The van der Waals surface area contributed by atoms with E-state index in [4.69, 9.17) is 14.2 Å². The first kappa shape index (κ1) is 15.4. The number of rotatable bonds is 7. The van der Waals surface area contributed by atoms with Gasteiger partial charge in [0.2, 0.25) is 0 Å². The highest BCUT2D eigenvalue weighted by Crippen LogP contribution is 2.15. The predicted octanol–water partition coefficient (Wildman–Crippen LogP) is 2.50. The first-order valence-corrected chi connectivity index (χ1v) is 7.32. The fraction of sp³-hybridized carbons (Fsp3) is 0.625. The highest BCUT2D eigenvalue weighted by Gasteiger charge is 2.19. The molecule has 1 aliphatic rings. The third-order valence-corrected chi connectivity index (χ3v) is 3.49. The van der Waals surface area contributed by atoms with Gasteiger partial charge in [-0.1, -0.05) is 30.3 Å². The quantitative estimate of drug-likeness (QED) is 0.833. The molecule has 0 bridgehead atoms. The Bertz CT molecular complexity index is 362. The smallest absolute Gasteiger partial charge is 0.157 e. The van der Waals surface area contributed by atoms with E-state index in [0.717, 1.165) is 25.2 Å². The maximum atomic E-state index is 10.1. The van der Waals surface area contributed by atoms with Gasteiger partial charge in [-0.15, -0.1) is 0 Å². The monoisotopic (exact) mass is 280 g/mol. The molecule has 0 spiro atoms. The normalized spacial score (nSPS) is 19.7. The summed E-state index contributed by atoms with van der Waals surface area (Å²) in [5.74, 6) is 0. The number of aliphatic hydroxyl groups excluding tert-OH is 1. The molecule has 1 aliphatic heterocycles. The maximum absolute atomic E-state index is 10.1. The van der Waals surface area contributed by atoms with E-state index in [1.807, 2.05) is 37.3 Å². The van der Waals surface area contributed by atoms with Gasteiger partial charge in [-0.05, 0) is 25.3 Å². The highest BCUT2D eigenvalue weighted by atomic mass is 16.7. The minimum atomic E-state index is -0.493. The number of ether oxygens (including phenoxy) is 3. The van der Waals surface area contributed by atoms with E-state index in [0.29, 0.717) is 19.4 Å². The SMILES string of the molecule is C[C@H](OCc1ccccc1)[C@@H](O)CCC1OCCCO1. The molecule has 1 aromatic carbocycles. The van der Waals surface area contributed by atoms with Crippen LogP contribution in [0.5, 0.6) is 0 Å². The van der Waals surface area contributed by atoms with E-state index >= 15 is 0 Å². The Hall–Kier alpha value is -0.940. The van der Waals surface area contributed by atoms with E-state index in [2.05, 4.69) is 0 Å². The summed E-state index contributed by atoms with van der Waals surface area (Å²) in [6.07, 6.45) is 1.43. The van der Waals surface area contributed by atoms with Crippen molar-refractivity contribution in [3.8, 4) is 0 Å². The Balaban J connectivity index is 1.65. The van der Waals surface area contributed by atoms with Crippen molar-refractivity contribution in [2.75, 3.05) is 13.2 Å². The zero-order valence-corrected chi connectivity index (χ0v) is 12.0. The molecule has 0 saturated carbocycles. The summed E-state index contributed by atoms with van der Waals surface area (Å²) in [5, 5.41) is 10.1. The van der Waals surface area contributed by atoms with Crippen LogP contribution in [0.4, 0.5) is 0 Å². The number of hydrogen-bond acceptors (Lipinski definition) is 4. The van der Waals surface area contributed by atoms with Crippen LogP contribution in [0.2, 0.25) is 0 Å². The summed E-state index contributed by atoms with van der Waals surface area (Å²) in [7, 11) is 0. The third-order valence-electron chi connectivity index (χ3n) is 3.49. The fourth-order valence-corrected chi connectivity index (χ4v) is 2.16. The van der Waals surface area contributed by atoms with Gasteiger partial charge in [0.25, 0.3) is 0 Å². The Morgan fingerprint density at radius 1 is 1.25 bits per heavy atom. The molecule has 0 amide bonds.